The van der Waals surface area contributed by atoms with Crippen LogP contribution in [0.5, 0.6) is 5.75 Å². The van der Waals surface area contributed by atoms with Gasteiger partial charge >= 0.3 is 5.97 Å². The minimum Gasteiger partial charge on any atom is -0.449 e. The number of ketones is 1. The lowest BCUT2D eigenvalue weighted by atomic mass is 9.99. The van der Waals surface area contributed by atoms with Crippen LogP contribution < -0.4 is 4.74 Å². The predicted octanol–water partition coefficient (Wildman–Crippen LogP) is 4.66. The van der Waals surface area contributed by atoms with Crippen LogP contribution in [0.25, 0.3) is 11.0 Å². The van der Waals surface area contributed by atoms with Gasteiger partial charge in [-0.25, -0.2) is 0 Å². The molecule has 0 amide bonds. The van der Waals surface area contributed by atoms with Crippen LogP contribution in [0.2, 0.25) is 0 Å². The highest BCUT2D eigenvalue weighted by Gasteiger charge is 2.23. The Bertz CT molecular complexity index is 910. The van der Waals surface area contributed by atoms with E-state index in [0.29, 0.717) is 38.1 Å². The number of benzene rings is 2. The van der Waals surface area contributed by atoms with Gasteiger partial charge in [0.25, 0.3) is 0 Å². The highest BCUT2D eigenvalue weighted by Crippen LogP contribution is 2.37. The summed E-state index contributed by atoms with van der Waals surface area (Å²) in [7, 11) is 0. The normalized spacial score (nSPS) is 10.7. The number of hydrogen-bond acceptors (Lipinski definition) is 4. The molecule has 1 heterocycles. The molecule has 3 rings (SSSR count). The lowest BCUT2D eigenvalue weighted by Gasteiger charge is -2.07. The monoisotopic (exact) mass is 372 g/mol. The van der Waals surface area contributed by atoms with E-state index in [-0.39, 0.29) is 5.78 Å². The third-order valence-corrected chi connectivity index (χ3v) is 4.10. The molecule has 5 heteroatoms. The first-order valence-corrected chi connectivity index (χ1v) is 7.78. The standard InChI is InChI=1S/C18H13BrO4/c1-10-13(22-11(2)20)8-9-14-15(10)16(18(19)23-14)17(21)12-6-4-3-5-7-12/h3-9H,1-2H3. The predicted molar refractivity (Wildman–Crippen MR) is 89.8 cm³/mol. The van der Waals surface area contributed by atoms with Crippen molar-refractivity contribution < 1.29 is 18.7 Å². The summed E-state index contributed by atoms with van der Waals surface area (Å²) in [5.74, 6) is -0.148. The Kier molecular flexibility index (Phi) is 4.05. The SMILES string of the molecule is CC(=O)Oc1ccc2oc(Br)c(C(=O)c3ccccc3)c2c1C. The van der Waals surface area contributed by atoms with Gasteiger partial charge in [-0.05, 0) is 35.0 Å². The van der Waals surface area contributed by atoms with E-state index >= 15 is 0 Å². The minimum atomic E-state index is -0.411. The number of rotatable bonds is 3. The fourth-order valence-corrected chi connectivity index (χ4v) is 3.06. The molecule has 0 radical (unpaired) electrons. The van der Waals surface area contributed by atoms with E-state index in [0.717, 1.165) is 0 Å². The molecule has 0 atom stereocenters. The first-order chi connectivity index (χ1) is 11.0. The first-order valence-electron chi connectivity index (χ1n) is 6.99. The maximum Gasteiger partial charge on any atom is 0.308 e. The molecule has 0 unspecified atom stereocenters. The van der Waals surface area contributed by atoms with E-state index < -0.39 is 5.97 Å². The molecule has 0 N–H and O–H groups in total. The average molecular weight is 373 g/mol. The lowest BCUT2D eigenvalue weighted by Crippen LogP contribution is -2.04. The molecule has 1 aromatic heterocycles. The Hall–Kier alpha value is -2.40. The van der Waals surface area contributed by atoms with E-state index in [4.69, 9.17) is 9.15 Å². The Morgan fingerprint density at radius 2 is 1.78 bits per heavy atom. The fraction of sp³-hybridized carbons (Fsp3) is 0.111. The van der Waals surface area contributed by atoms with Crippen LogP contribution in [0.3, 0.4) is 0 Å². The second kappa shape index (κ2) is 6.01. The first kappa shape index (κ1) is 15.5. The zero-order valence-corrected chi connectivity index (χ0v) is 14.1. The third-order valence-electron chi connectivity index (χ3n) is 3.54. The van der Waals surface area contributed by atoms with Gasteiger partial charge in [0.1, 0.15) is 11.3 Å². The van der Waals surface area contributed by atoms with Crippen molar-refractivity contribution in [3.63, 3.8) is 0 Å². The van der Waals surface area contributed by atoms with Crippen molar-refractivity contribution >= 4 is 38.7 Å². The van der Waals surface area contributed by atoms with Crippen LogP contribution in [0, 0.1) is 6.92 Å². The number of ether oxygens (including phenoxy) is 1. The van der Waals surface area contributed by atoms with Gasteiger partial charge in [-0.3, -0.25) is 9.59 Å². The summed E-state index contributed by atoms with van der Waals surface area (Å²) in [4.78, 5) is 24.1. The summed E-state index contributed by atoms with van der Waals surface area (Å²) in [5, 5.41) is 0.643. The van der Waals surface area contributed by atoms with Gasteiger partial charge in [-0.15, -0.1) is 0 Å². The molecule has 0 aliphatic rings. The Morgan fingerprint density at radius 1 is 1.09 bits per heavy atom. The molecule has 3 aromatic rings. The van der Waals surface area contributed by atoms with Crippen molar-refractivity contribution in [2.75, 3.05) is 0 Å². The van der Waals surface area contributed by atoms with Crippen LogP contribution in [0.4, 0.5) is 0 Å². The molecule has 0 saturated carbocycles. The summed E-state index contributed by atoms with van der Waals surface area (Å²) >= 11 is 3.32. The summed E-state index contributed by atoms with van der Waals surface area (Å²) in [6.07, 6.45) is 0. The van der Waals surface area contributed by atoms with Gasteiger partial charge < -0.3 is 9.15 Å². The van der Waals surface area contributed by atoms with Crippen molar-refractivity contribution in [2.24, 2.45) is 0 Å². The maximum atomic E-state index is 12.8. The van der Waals surface area contributed by atoms with Crippen molar-refractivity contribution in [2.45, 2.75) is 13.8 Å². The molecule has 2 aromatic carbocycles. The zero-order chi connectivity index (χ0) is 16.6. The van der Waals surface area contributed by atoms with Crippen molar-refractivity contribution in [1.29, 1.82) is 0 Å². The van der Waals surface area contributed by atoms with Gasteiger partial charge in [0.15, 0.2) is 10.5 Å². The Labute approximate surface area is 141 Å². The van der Waals surface area contributed by atoms with Crippen LogP contribution in [-0.4, -0.2) is 11.8 Å². The van der Waals surface area contributed by atoms with Gasteiger partial charge in [0.05, 0.1) is 5.56 Å². The van der Waals surface area contributed by atoms with Crippen molar-refractivity contribution in [1.82, 2.24) is 0 Å². The maximum absolute atomic E-state index is 12.8. The summed E-state index contributed by atoms with van der Waals surface area (Å²) in [6.45, 7) is 3.13. The number of carbonyl (C=O) groups excluding carboxylic acids is 2. The Morgan fingerprint density at radius 3 is 2.43 bits per heavy atom. The smallest absolute Gasteiger partial charge is 0.308 e. The highest BCUT2D eigenvalue weighted by atomic mass is 79.9. The topological polar surface area (TPSA) is 56.5 Å². The molecule has 0 aliphatic carbocycles. The molecule has 0 bridgehead atoms. The quantitative estimate of drug-likeness (QED) is 0.381. The molecule has 116 valence electrons. The van der Waals surface area contributed by atoms with Crippen LogP contribution in [0.15, 0.2) is 51.6 Å². The van der Waals surface area contributed by atoms with Gasteiger partial charge in [0.2, 0.25) is 0 Å². The molecule has 0 aliphatic heterocycles. The van der Waals surface area contributed by atoms with E-state index in [1.54, 1.807) is 43.3 Å². The number of carbonyl (C=O) groups is 2. The lowest BCUT2D eigenvalue weighted by molar-refractivity contribution is -0.131. The molecule has 23 heavy (non-hydrogen) atoms. The van der Waals surface area contributed by atoms with E-state index in [1.165, 1.54) is 6.92 Å². The van der Waals surface area contributed by atoms with Crippen LogP contribution >= 0.6 is 15.9 Å². The summed E-state index contributed by atoms with van der Waals surface area (Å²) < 4.78 is 11.2. The minimum absolute atomic E-state index is 0.153. The second-order valence-corrected chi connectivity index (χ2v) is 5.82. The molecule has 0 spiro atoms. The molecular formula is C18H13BrO4. The van der Waals surface area contributed by atoms with E-state index in [9.17, 15) is 9.59 Å². The van der Waals surface area contributed by atoms with Crippen molar-refractivity contribution in [3.05, 3.63) is 63.8 Å². The van der Waals surface area contributed by atoms with Crippen LogP contribution in [-0.2, 0) is 4.79 Å². The third kappa shape index (κ3) is 2.80. The number of aryl methyl sites for hydroxylation is 1. The largest absolute Gasteiger partial charge is 0.449 e. The summed E-state index contributed by atoms with van der Waals surface area (Å²) in [5.41, 5.74) is 2.24. The molecule has 4 nitrogen and oxygen atoms in total. The molecular weight excluding hydrogens is 360 g/mol. The van der Waals surface area contributed by atoms with E-state index in [1.807, 2.05) is 6.07 Å². The number of hydrogen-bond donors (Lipinski definition) is 0. The number of halogens is 1. The number of esters is 1. The Balaban J connectivity index is 2.22. The zero-order valence-electron chi connectivity index (χ0n) is 12.6. The van der Waals surface area contributed by atoms with Gasteiger partial charge in [-0.1, -0.05) is 30.3 Å². The van der Waals surface area contributed by atoms with Crippen molar-refractivity contribution in [3.8, 4) is 5.75 Å². The number of furan rings is 1. The fourth-order valence-electron chi connectivity index (χ4n) is 2.51. The van der Waals surface area contributed by atoms with Gasteiger partial charge in [0, 0.05) is 23.4 Å². The van der Waals surface area contributed by atoms with E-state index in [2.05, 4.69) is 15.9 Å². The number of fused-ring (bicyclic) bond motifs is 1. The second-order valence-electron chi connectivity index (χ2n) is 5.10. The average Bonchev–Trinajstić information content (AvgIpc) is 2.87. The van der Waals surface area contributed by atoms with Crippen LogP contribution in [0.1, 0.15) is 28.4 Å². The summed E-state index contributed by atoms with van der Waals surface area (Å²) in [6, 6.07) is 12.3. The highest BCUT2D eigenvalue weighted by molar-refractivity contribution is 9.10. The molecule has 0 saturated heterocycles. The van der Waals surface area contributed by atoms with Gasteiger partial charge in [-0.2, -0.15) is 0 Å². The molecule has 0 fully saturated rings.